The summed E-state index contributed by atoms with van der Waals surface area (Å²) in [5.41, 5.74) is -2.51. The van der Waals surface area contributed by atoms with E-state index in [1.165, 1.54) is 23.0 Å². The van der Waals surface area contributed by atoms with Crippen LogP contribution in [0.5, 0.6) is 0 Å². The van der Waals surface area contributed by atoms with Gasteiger partial charge in [-0.3, -0.25) is 14.3 Å². The summed E-state index contributed by atoms with van der Waals surface area (Å²) < 4.78 is 46.0. The number of hydrogen-bond donors (Lipinski definition) is 3. The maximum absolute atomic E-state index is 13.0. The van der Waals surface area contributed by atoms with E-state index in [4.69, 9.17) is 4.74 Å². The van der Waals surface area contributed by atoms with Gasteiger partial charge in [-0.25, -0.2) is 4.79 Å². The number of nitriles is 1. The van der Waals surface area contributed by atoms with Gasteiger partial charge in [-0.15, -0.1) is 0 Å². The number of benzene rings is 1. The molecule has 14 heteroatoms. The third-order valence-corrected chi connectivity index (χ3v) is 8.03. The number of halogens is 3. The zero-order valence-corrected chi connectivity index (χ0v) is 24.4. The lowest BCUT2D eigenvalue weighted by Crippen LogP contribution is -2.59. The van der Waals surface area contributed by atoms with Gasteiger partial charge in [0.25, 0.3) is 11.5 Å². The van der Waals surface area contributed by atoms with Crippen molar-refractivity contribution in [1.82, 2.24) is 19.7 Å². The lowest BCUT2D eigenvalue weighted by Gasteiger charge is -2.49. The van der Waals surface area contributed by atoms with Gasteiger partial charge < -0.3 is 25.0 Å². The van der Waals surface area contributed by atoms with Crippen LogP contribution in [0.25, 0.3) is 10.9 Å². The van der Waals surface area contributed by atoms with Gasteiger partial charge in [0.2, 0.25) is 0 Å². The zero-order valence-electron chi connectivity index (χ0n) is 24.4. The molecule has 0 spiro atoms. The molecule has 0 saturated carbocycles. The first-order valence-electron chi connectivity index (χ1n) is 13.5. The molecule has 1 amide bonds. The Morgan fingerprint density at radius 3 is 2.49 bits per heavy atom. The molecule has 2 aromatic heterocycles. The van der Waals surface area contributed by atoms with Crippen LogP contribution in [-0.4, -0.2) is 68.6 Å². The lowest BCUT2D eigenvalue weighted by molar-refractivity contribution is -0.206. The molecule has 2 atom stereocenters. The molecular weight excluding hydrogens is 569 g/mol. The van der Waals surface area contributed by atoms with Crippen molar-refractivity contribution in [2.45, 2.75) is 64.3 Å². The fourth-order valence-electron chi connectivity index (χ4n) is 5.61. The smallest absolute Gasteiger partial charge is 0.406 e. The number of alkyl halides is 3. The van der Waals surface area contributed by atoms with E-state index < -0.39 is 46.7 Å². The summed E-state index contributed by atoms with van der Waals surface area (Å²) in [6.07, 6.45) is -2.85. The number of aliphatic carboxylic acids is 1. The molecule has 43 heavy (non-hydrogen) atoms. The molecule has 0 bridgehead atoms. The van der Waals surface area contributed by atoms with Crippen LogP contribution in [0.4, 0.5) is 24.7 Å². The molecule has 1 fully saturated rings. The Labute approximate surface area is 245 Å². The van der Waals surface area contributed by atoms with Crippen molar-refractivity contribution in [3.05, 3.63) is 51.9 Å². The Balaban J connectivity index is 1.73. The number of pyridine rings is 1. The van der Waals surface area contributed by atoms with E-state index in [2.05, 4.69) is 21.5 Å². The van der Waals surface area contributed by atoms with Crippen molar-refractivity contribution in [3.63, 3.8) is 0 Å². The van der Waals surface area contributed by atoms with E-state index in [1.807, 2.05) is 0 Å². The molecule has 3 N–H and O–H groups in total. The van der Waals surface area contributed by atoms with Crippen LogP contribution in [-0.2, 0) is 15.1 Å². The number of aromatic amines is 1. The van der Waals surface area contributed by atoms with Gasteiger partial charge in [0, 0.05) is 29.9 Å². The Kier molecular flexibility index (Phi) is 8.10. The van der Waals surface area contributed by atoms with Crippen LogP contribution in [0.2, 0.25) is 0 Å². The minimum Gasteiger partial charge on any atom is -0.479 e. The number of aromatic nitrogens is 3. The van der Waals surface area contributed by atoms with E-state index in [0.29, 0.717) is 21.7 Å². The second-order valence-corrected chi connectivity index (χ2v) is 12.0. The van der Waals surface area contributed by atoms with Crippen molar-refractivity contribution in [3.8, 4) is 6.07 Å². The molecule has 230 valence electrons. The minimum absolute atomic E-state index is 0.0722. The van der Waals surface area contributed by atoms with Crippen LogP contribution >= 0.6 is 0 Å². The number of nitrogens with zero attached hydrogens (tertiary/aromatic N) is 4. The SMILES string of the molecule is Cc1cc(Nc2nn(C3(CC#N)CCC(C(=O)O)(C(C)(C)C)OC3)c3cc[nH]c(=O)c23)ccc1C(=O)N(C)CC(F)(F)F. The fourth-order valence-corrected chi connectivity index (χ4v) is 5.61. The molecule has 4 rings (SSSR count). The van der Waals surface area contributed by atoms with Crippen molar-refractivity contribution < 1.29 is 32.6 Å². The Bertz CT molecular complexity index is 1660. The Morgan fingerprint density at radius 1 is 1.26 bits per heavy atom. The Morgan fingerprint density at radius 2 is 1.95 bits per heavy atom. The molecule has 1 aliphatic rings. The summed E-state index contributed by atoms with van der Waals surface area (Å²) in [5, 5.41) is 27.8. The quantitative estimate of drug-likeness (QED) is 0.352. The molecule has 0 aliphatic carbocycles. The van der Waals surface area contributed by atoms with Gasteiger partial charge in [-0.2, -0.15) is 23.5 Å². The van der Waals surface area contributed by atoms with Gasteiger partial charge in [-0.1, -0.05) is 20.8 Å². The maximum Gasteiger partial charge on any atom is 0.406 e. The highest BCUT2D eigenvalue weighted by atomic mass is 19.4. The van der Waals surface area contributed by atoms with Crippen molar-refractivity contribution in [2.24, 2.45) is 5.41 Å². The van der Waals surface area contributed by atoms with Crippen molar-refractivity contribution in [1.29, 1.82) is 5.26 Å². The van der Waals surface area contributed by atoms with Crippen molar-refractivity contribution >= 4 is 34.3 Å². The predicted octanol–water partition coefficient (Wildman–Crippen LogP) is 4.70. The molecular formula is C29H33F3N6O5. The first-order valence-corrected chi connectivity index (χ1v) is 13.5. The third-order valence-electron chi connectivity index (χ3n) is 8.03. The molecule has 2 unspecified atom stereocenters. The van der Waals surface area contributed by atoms with Gasteiger partial charge in [-0.05, 0) is 49.6 Å². The van der Waals surface area contributed by atoms with Gasteiger partial charge in [0.05, 0.1) is 30.2 Å². The highest BCUT2D eigenvalue weighted by molar-refractivity contribution is 5.96. The number of carboxylic acid groups (broad SMARTS) is 1. The normalized spacial score (nSPS) is 20.9. The summed E-state index contributed by atoms with van der Waals surface area (Å²) in [7, 11) is 1.07. The largest absolute Gasteiger partial charge is 0.479 e. The molecule has 1 saturated heterocycles. The first-order chi connectivity index (χ1) is 19.9. The number of hydrogen-bond acceptors (Lipinski definition) is 7. The molecule has 3 heterocycles. The Hall–Kier alpha value is -4.38. The van der Waals surface area contributed by atoms with Crippen LogP contribution in [0.15, 0.2) is 35.3 Å². The van der Waals surface area contributed by atoms with Crippen LogP contribution in [0.3, 0.4) is 0 Å². The number of amides is 1. The number of ether oxygens (including phenoxy) is 1. The standard InChI is InChI=1S/C29H33F3N6O5/c1-17-14-18(6-7-19(17)24(40)37(5)15-29(30,31)32)35-22-21-20(8-13-34-23(21)39)38(36-22)27(11-12-33)9-10-28(25(41)42,43-16-27)26(2,3)4/h6-8,13-14H,9-11,15-16H2,1-5H3,(H,34,39)(H,35,36)(H,41,42). The highest BCUT2D eigenvalue weighted by Crippen LogP contribution is 2.47. The molecule has 1 aromatic carbocycles. The number of carboxylic acids is 1. The number of fused-ring (bicyclic) bond motifs is 1. The fraction of sp³-hybridized carbons (Fsp3) is 0.483. The van der Waals surface area contributed by atoms with E-state index in [1.54, 1.807) is 39.8 Å². The average Bonchev–Trinajstić information content (AvgIpc) is 3.27. The summed E-state index contributed by atoms with van der Waals surface area (Å²) in [6.45, 7) is 5.37. The number of aryl methyl sites for hydroxylation is 1. The van der Waals surface area contributed by atoms with Crippen LogP contribution in [0.1, 0.15) is 56.0 Å². The summed E-state index contributed by atoms with van der Waals surface area (Å²) in [6, 6.07) is 8.21. The topological polar surface area (TPSA) is 153 Å². The average molecular weight is 603 g/mol. The summed E-state index contributed by atoms with van der Waals surface area (Å²) in [4.78, 5) is 41.2. The number of carbonyl (C=O) groups excluding carboxylic acids is 1. The molecule has 3 aromatic rings. The number of carbonyl (C=O) groups is 2. The number of H-pyrrole nitrogens is 1. The number of rotatable bonds is 7. The van der Waals surface area contributed by atoms with E-state index in [9.17, 15) is 37.9 Å². The third kappa shape index (κ3) is 5.81. The second-order valence-electron chi connectivity index (χ2n) is 12.0. The summed E-state index contributed by atoms with van der Waals surface area (Å²) in [5.74, 6) is -1.76. The number of nitrogens with one attached hydrogen (secondary N) is 2. The lowest BCUT2D eigenvalue weighted by atomic mass is 9.69. The second kappa shape index (κ2) is 11.0. The molecule has 0 radical (unpaired) electrons. The monoisotopic (exact) mass is 602 g/mol. The molecule has 1 aliphatic heterocycles. The maximum atomic E-state index is 13.0. The number of anilines is 2. The van der Waals surface area contributed by atoms with E-state index in [0.717, 1.165) is 7.05 Å². The summed E-state index contributed by atoms with van der Waals surface area (Å²) >= 11 is 0. The van der Waals surface area contributed by atoms with E-state index in [-0.39, 0.29) is 42.6 Å². The minimum atomic E-state index is -4.54. The predicted molar refractivity (Wildman–Crippen MR) is 151 cm³/mol. The van der Waals surface area contributed by atoms with Crippen LogP contribution < -0.4 is 10.9 Å². The zero-order chi connectivity index (χ0) is 32.0. The van der Waals surface area contributed by atoms with Crippen molar-refractivity contribution in [2.75, 3.05) is 25.5 Å². The van der Waals surface area contributed by atoms with E-state index >= 15 is 0 Å². The van der Waals surface area contributed by atoms with Gasteiger partial charge in [0.1, 0.15) is 11.9 Å². The highest BCUT2D eigenvalue weighted by Gasteiger charge is 2.56. The van der Waals surface area contributed by atoms with Crippen LogP contribution in [0, 0.1) is 23.7 Å². The first kappa shape index (κ1) is 31.6. The molecule has 11 nitrogen and oxygen atoms in total. The van der Waals surface area contributed by atoms with Gasteiger partial charge >= 0.3 is 12.1 Å². The van der Waals surface area contributed by atoms with Gasteiger partial charge in [0.15, 0.2) is 11.4 Å².